The Kier molecular flexibility index (Phi) is 5.99. The van der Waals surface area contributed by atoms with Crippen molar-refractivity contribution in [2.75, 3.05) is 4.90 Å². The Morgan fingerprint density at radius 2 is 1.43 bits per heavy atom. The first-order chi connectivity index (χ1) is 20.3. The molecule has 1 saturated heterocycles. The molecule has 2 aliphatic heterocycles. The number of Topliss-reactive ketones (excluding diaryl/α,β-unsaturated/α-hetero) is 3. The smallest absolute Gasteiger partial charge is 0.308 e. The molecule has 206 valence electrons. The van der Waals surface area contributed by atoms with Gasteiger partial charge in [-0.15, -0.1) is 0 Å². The van der Waals surface area contributed by atoms with Crippen LogP contribution in [0.2, 0.25) is 5.02 Å². The summed E-state index contributed by atoms with van der Waals surface area (Å²) in [6.07, 6.45) is 3.82. The maximum Gasteiger partial charge on any atom is 0.308 e. The van der Waals surface area contributed by atoms with Crippen LogP contribution in [-0.4, -0.2) is 35.4 Å². The van der Waals surface area contributed by atoms with Gasteiger partial charge in [0.15, 0.2) is 17.3 Å². The number of halogens is 1. The van der Waals surface area contributed by atoms with Crippen molar-refractivity contribution in [3.05, 3.63) is 136 Å². The number of ketones is 3. The fourth-order valence-corrected chi connectivity index (χ4v) is 7.11. The molecule has 7 heteroatoms. The van der Waals surface area contributed by atoms with Crippen molar-refractivity contribution < 1.29 is 23.9 Å². The van der Waals surface area contributed by atoms with Gasteiger partial charge in [-0.25, -0.2) is 0 Å². The van der Waals surface area contributed by atoms with Crippen LogP contribution in [-0.2, 0) is 4.79 Å². The van der Waals surface area contributed by atoms with Crippen LogP contribution >= 0.6 is 11.6 Å². The van der Waals surface area contributed by atoms with E-state index in [0.717, 1.165) is 11.3 Å². The van der Waals surface area contributed by atoms with Gasteiger partial charge in [-0.05, 0) is 53.6 Å². The van der Waals surface area contributed by atoms with E-state index in [4.69, 9.17) is 16.3 Å². The second kappa shape index (κ2) is 9.64. The number of rotatable bonds is 4. The Hall–Kier alpha value is -4.81. The second-order valence-corrected chi connectivity index (χ2v) is 11.2. The van der Waals surface area contributed by atoms with Crippen LogP contribution in [0.4, 0.5) is 5.69 Å². The first-order valence-corrected chi connectivity index (χ1v) is 14.0. The van der Waals surface area contributed by atoms with E-state index in [2.05, 4.69) is 0 Å². The highest BCUT2D eigenvalue weighted by Gasteiger charge is 2.71. The van der Waals surface area contributed by atoms with Crippen molar-refractivity contribution in [1.29, 1.82) is 0 Å². The van der Waals surface area contributed by atoms with Crippen molar-refractivity contribution in [3.8, 4) is 5.75 Å². The molecule has 4 aromatic rings. The minimum absolute atomic E-state index is 0.257. The van der Waals surface area contributed by atoms with Crippen molar-refractivity contribution in [2.45, 2.75) is 24.9 Å². The van der Waals surface area contributed by atoms with Gasteiger partial charge in [0.1, 0.15) is 17.2 Å². The zero-order valence-electron chi connectivity index (χ0n) is 22.5. The number of carbonyl (C=O) groups is 4. The van der Waals surface area contributed by atoms with Crippen LogP contribution in [0.5, 0.6) is 5.75 Å². The van der Waals surface area contributed by atoms with Gasteiger partial charge in [-0.2, -0.15) is 0 Å². The van der Waals surface area contributed by atoms with Crippen molar-refractivity contribution in [3.63, 3.8) is 0 Å². The van der Waals surface area contributed by atoms with Gasteiger partial charge < -0.3 is 9.64 Å². The van der Waals surface area contributed by atoms with Gasteiger partial charge in [0.25, 0.3) is 0 Å². The van der Waals surface area contributed by atoms with Crippen LogP contribution in [0.15, 0.2) is 103 Å². The summed E-state index contributed by atoms with van der Waals surface area (Å²) in [7, 11) is 0. The van der Waals surface area contributed by atoms with Crippen LogP contribution in [0, 0.1) is 5.41 Å². The summed E-state index contributed by atoms with van der Waals surface area (Å²) in [4.78, 5) is 57.4. The van der Waals surface area contributed by atoms with Gasteiger partial charge in [0.2, 0.25) is 0 Å². The number of esters is 1. The number of ether oxygens (including phenoxy) is 1. The minimum Gasteiger partial charge on any atom is -0.427 e. The molecular formula is C35H24ClNO5. The van der Waals surface area contributed by atoms with Gasteiger partial charge in [-0.1, -0.05) is 78.4 Å². The van der Waals surface area contributed by atoms with E-state index >= 15 is 0 Å². The maximum atomic E-state index is 14.7. The number of anilines is 1. The first-order valence-electron chi connectivity index (χ1n) is 13.6. The molecular weight excluding hydrogens is 550 g/mol. The normalized spacial score (nSPS) is 21.2. The fourth-order valence-electron chi connectivity index (χ4n) is 6.98. The average molecular weight is 574 g/mol. The lowest BCUT2D eigenvalue weighted by atomic mass is 9.64. The molecule has 6 nitrogen and oxygen atoms in total. The Morgan fingerprint density at radius 1 is 0.810 bits per heavy atom. The SMILES string of the molecule is CC(=O)Oc1ccc(C(=O)[C@H]2[C@H](c3ccc(Cl)cc3)C3(C(=O)c4ccccc4C3=O)C3C=Cc4ccccc4N32)cc1. The predicted molar refractivity (Wildman–Crippen MR) is 159 cm³/mol. The molecule has 0 radical (unpaired) electrons. The number of nitrogens with zero attached hydrogens (tertiary/aromatic N) is 1. The van der Waals surface area contributed by atoms with Gasteiger partial charge in [-0.3, -0.25) is 19.2 Å². The molecule has 0 aromatic heterocycles. The first kappa shape index (κ1) is 26.1. The van der Waals surface area contributed by atoms with Crippen LogP contribution in [0.25, 0.3) is 6.08 Å². The minimum atomic E-state index is -1.58. The zero-order valence-corrected chi connectivity index (χ0v) is 23.2. The summed E-state index contributed by atoms with van der Waals surface area (Å²) in [5.41, 5.74) is 1.85. The summed E-state index contributed by atoms with van der Waals surface area (Å²) in [6, 6.07) is 26.3. The number of fused-ring (bicyclic) bond motifs is 5. The molecule has 1 unspecified atom stereocenters. The van der Waals surface area contributed by atoms with Gasteiger partial charge in [0.05, 0.1) is 6.04 Å². The number of para-hydroxylation sites is 1. The van der Waals surface area contributed by atoms with Gasteiger partial charge in [0, 0.05) is 40.2 Å². The van der Waals surface area contributed by atoms with E-state index in [1.807, 2.05) is 41.3 Å². The molecule has 7 rings (SSSR count). The molecule has 4 aromatic carbocycles. The number of hydrogen-bond donors (Lipinski definition) is 0. The van der Waals surface area contributed by atoms with E-state index < -0.39 is 29.4 Å². The lowest BCUT2D eigenvalue weighted by Crippen LogP contribution is -2.48. The molecule has 0 bridgehead atoms. The van der Waals surface area contributed by atoms with E-state index in [1.54, 1.807) is 72.8 Å². The Labute approximate surface area is 247 Å². The van der Waals surface area contributed by atoms with Crippen molar-refractivity contribution in [2.24, 2.45) is 5.41 Å². The third-order valence-corrected chi connectivity index (χ3v) is 8.86. The monoisotopic (exact) mass is 573 g/mol. The molecule has 2 heterocycles. The Bertz CT molecular complexity index is 1790. The van der Waals surface area contributed by atoms with Gasteiger partial charge >= 0.3 is 5.97 Å². The van der Waals surface area contributed by atoms with Crippen molar-refractivity contribution in [1.82, 2.24) is 0 Å². The second-order valence-electron chi connectivity index (χ2n) is 10.8. The van der Waals surface area contributed by atoms with E-state index in [1.165, 1.54) is 6.92 Å². The fraction of sp³-hybridized carbons (Fsp3) is 0.143. The summed E-state index contributed by atoms with van der Waals surface area (Å²) in [5.74, 6) is -1.81. The molecule has 3 aliphatic rings. The topological polar surface area (TPSA) is 80.8 Å². The highest BCUT2D eigenvalue weighted by atomic mass is 35.5. The third-order valence-electron chi connectivity index (χ3n) is 8.61. The van der Waals surface area contributed by atoms with E-state index in [-0.39, 0.29) is 17.3 Å². The molecule has 1 fully saturated rings. The third kappa shape index (κ3) is 3.65. The maximum absolute atomic E-state index is 14.7. The zero-order chi connectivity index (χ0) is 29.2. The van der Waals surface area contributed by atoms with E-state index in [0.29, 0.717) is 33.0 Å². The standard InChI is InChI=1S/C35H24ClNO5/c1-20(38)42-25-17-12-23(13-18-25)32(39)31-30(22-10-15-24(36)16-11-22)35(33(40)26-7-3-4-8-27(26)34(35)41)29-19-14-21-6-2-5-9-28(21)37(29)31/h2-19,29-31H,1H3/t29?,30-,31+/m0/s1. The van der Waals surface area contributed by atoms with Crippen LogP contribution in [0.3, 0.4) is 0 Å². The largest absolute Gasteiger partial charge is 0.427 e. The Morgan fingerprint density at radius 3 is 2.07 bits per heavy atom. The van der Waals surface area contributed by atoms with Crippen molar-refractivity contribution >= 4 is 46.7 Å². The number of carbonyl (C=O) groups excluding carboxylic acids is 4. The van der Waals surface area contributed by atoms with E-state index in [9.17, 15) is 19.2 Å². The molecule has 3 atom stereocenters. The Balaban J connectivity index is 1.48. The lowest BCUT2D eigenvalue weighted by Gasteiger charge is -2.37. The molecule has 1 spiro atoms. The molecule has 1 aliphatic carbocycles. The molecule has 0 N–H and O–H groups in total. The quantitative estimate of drug-likeness (QED) is 0.119. The number of benzene rings is 4. The highest BCUT2D eigenvalue weighted by molar-refractivity contribution is 6.32. The molecule has 0 saturated carbocycles. The summed E-state index contributed by atoms with van der Waals surface area (Å²) >= 11 is 6.28. The molecule has 42 heavy (non-hydrogen) atoms. The average Bonchev–Trinajstić information content (AvgIpc) is 3.43. The lowest BCUT2D eigenvalue weighted by molar-refractivity contribution is -0.131. The molecule has 0 amide bonds. The van der Waals surface area contributed by atoms with Crippen LogP contribution < -0.4 is 9.64 Å². The summed E-state index contributed by atoms with van der Waals surface area (Å²) in [6.45, 7) is 1.31. The summed E-state index contributed by atoms with van der Waals surface area (Å²) in [5, 5.41) is 0.505. The highest BCUT2D eigenvalue weighted by Crippen LogP contribution is 2.61. The van der Waals surface area contributed by atoms with Crippen LogP contribution in [0.1, 0.15) is 55.0 Å². The number of hydrogen-bond acceptors (Lipinski definition) is 6. The predicted octanol–water partition coefficient (Wildman–Crippen LogP) is 6.58. The summed E-state index contributed by atoms with van der Waals surface area (Å²) < 4.78 is 5.18.